The summed E-state index contributed by atoms with van der Waals surface area (Å²) in [5, 5.41) is 8.16. The Kier molecular flexibility index (Phi) is 4.91. The molecule has 2 rings (SSSR count). The van der Waals surface area contributed by atoms with Gasteiger partial charge in [-0.25, -0.2) is 0 Å². The molecule has 2 aromatic rings. The SMILES string of the molecule is CC(C)c1cc(Br)ccc1Oc1ccc(Cl)cc1C(=N)N. The maximum Gasteiger partial charge on any atom is 0.138 e. The van der Waals surface area contributed by atoms with E-state index < -0.39 is 0 Å². The number of hydrogen-bond donors (Lipinski definition) is 2. The van der Waals surface area contributed by atoms with Gasteiger partial charge >= 0.3 is 0 Å². The zero-order chi connectivity index (χ0) is 15.6. The molecule has 0 spiro atoms. The van der Waals surface area contributed by atoms with Gasteiger partial charge in [-0.05, 0) is 47.9 Å². The molecule has 3 N–H and O–H groups in total. The first-order valence-electron chi connectivity index (χ1n) is 6.49. The van der Waals surface area contributed by atoms with E-state index in [4.69, 9.17) is 27.5 Å². The van der Waals surface area contributed by atoms with Gasteiger partial charge in [0.25, 0.3) is 0 Å². The third-order valence-electron chi connectivity index (χ3n) is 3.05. The number of hydrogen-bond acceptors (Lipinski definition) is 2. The zero-order valence-corrected chi connectivity index (χ0v) is 14.1. The lowest BCUT2D eigenvalue weighted by molar-refractivity contribution is 0.472. The number of benzene rings is 2. The van der Waals surface area contributed by atoms with Crippen LogP contribution in [0.2, 0.25) is 5.02 Å². The highest BCUT2D eigenvalue weighted by atomic mass is 79.9. The molecule has 21 heavy (non-hydrogen) atoms. The second kappa shape index (κ2) is 6.50. The summed E-state index contributed by atoms with van der Waals surface area (Å²) < 4.78 is 6.97. The Labute approximate surface area is 137 Å². The van der Waals surface area contributed by atoms with Crippen LogP contribution in [0.15, 0.2) is 40.9 Å². The van der Waals surface area contributed by atoms with E-state index in [1.165, 1.54) is 0 Å². The molecule has 0 aliphatic rings. The normalized spacial score (nSPS) is 10.7. The van der Waals surface area contributed by atoms with Crippen LogP contribution in [0.25, 0.3) is 0 Å². The van der Waals surface area contributed by atoms with E-state index in [2.05, 4.69) is 29.8 Å². The monoisotopic (exact) mass is 366 g/mol. The third kappa shape index (κ3) is 3.77. The van der Waals surface area contributed by atoms with Crippen LogP contribution < -0.4 is 10.5 Å². The minimum atomic E-state index is -0.0734. The number of nitrogens with one attached hydrogen (secondary N) is 1. The van der Waals surface area contributed by atoms with Gasteiger partial charge in [-0.1, -0.05) is 41.4 Å². The van der Waals surface area contributed by atoms with Gasteiger partial charge in [0, 0.05) is 9.50 Å². The summed E-state index contributed by atoms with van der Waals surface area (Å²) in [6, 6.07) is 10.9. The Morgan fingerprint density at radius 3 is 2.48 bits per heavy atom. The van der Waals surface area contributed by atoms with Crippen molar-refractivity contribution < 1.29 is 4.74 Å². The van der Waals surface area contributed by atoms with Crippen LogP contribution in [0.1, 0.15) is 30.9 Å². The third-order valence-corrected chi connectivity index (χ3v) is 3.77. The maximum atomic E-state index is 7.64. The minimum Gasteiger partial charge on any atom is -0.456 e. The Balaban J connectivity index is 2.46. The highest BCUT2D eigenvalue weighted by Crippen LogP contribution is 2.34. The molecule has 110 valence electrons. The number of ether oxygens (including phenoxy) is 1. The first-order valence-corrected chi connectivity index (χ1v) is 7.67. The fourth-order valence-corrected chi connectivity index (χ4v) is 2.53. The van der Waals surface area contributed by atoms with E-state index >= 15 is 0 Å². The van der Waals surface area contributed by atoms with Crippen molar-refractivity contribution in [2.45, 2.75) is 19.8 Å². The van der Waals surface area contributed by atoms with Gasteiger partial charge in [0.05, 0.1) is 5.56 Å². The van der Waals surface area contributed by atoms with Crippen LogP contribution in [-0.2, 0) is 0 Å². The highest BCUT2D eigenvalue weighted by Gasteiger charge is 2.13. The van der Waals surface area contributed by atoms with Gasteiger partial charge < -0.3 is 10.5 Å². The first kappa shape index (κ1) is 15.9. The van der Waals surface area contributed by atoms with Crippen molar-refractivity contribution in [2.24, 2.45) is 5.73 Å². The number of amidine groups is 1. The van der Waals surface area contributed by atoms with E-state index in [1.54, 1.807) is 18.2 Å². The van der Waals surface area contributed by atoms with Crippen LogP contribution in [-0.4, -0.2) is 5.84 Å². The lowest BCUT2D eigenvalue weighted by Gasteiger charge is -2.16. The van der Waals surface area contributed by atoms with Crippen LogP contribution in [0, 0.1) is 5.41 Å². The Morgan fingerprint density at radius 1 is 1.19 bits per heavy atom. The molecule has 0 heterocycles. The standard InChI is InChI=1S/C16H16BrClN2O/c1-9(2)12-7-10(17)3-5-14(12)21-15-6-4-11(18)8-13(15)16(19)20/h3-9H,1-2H3,(H3,19,20). The number of nitrogen functional groups attached to an aromatic ring is 1. The predicted octanol–water partition coefficient (Wildman–Crippen LogP) is 5.30. The van der Waals surface area contributed by atoms with Crippen LogP contribution in [0.4, 0.5) is 0 Å². The number of nitrogens with two attached hydrogens (primary N) is 1. The van der Waals surface area contributed by atoms with E-state index in [0.29, 0.717) is 22.3 Å². The second-order valence-corrected chi connectivity index (χ2v) is 6.35. The largest absolute Gasteiger partial charge is 0.456 e. The molecule has 2 aromatic carbocycles. The smallest absolute Gasteiger partial charge is 0.138 e. The maximum absolute atomic E-state index is 7.64. The fraction of sp³-hybridized carbons (Fsp3) is 0.188. The zero-order valence-electron chi connectivity index (χ0n) is 11.8. The van der Waals surface area contributed by atoms with Gasteiger partial charge in [-0.3, -0.25) is 5.41 Å². The van der Waals surface area contributed by atoms with Gasteiger partial charge in [-0.2, -0.15) is 0 Å². The molecule has 0 saturated heterocycles. The van der Waals surface area contributed by atoms with Crippen LogP contribution >= 0.6 is 27.5 Å². The van der Waals surface area contributed by atoms with E-state index in [9.17, 15) is 0 Å². The van der Waals surface area contributed by atoms with E-state index in [0.717, 1.165) is 15.8 Å². The van der Waals surface area contributed by atoms with Crippen LogP contribution in [0.3, 0.4) is 0 Å². The summed E-state index contributed by atoms with van der Waals surface area (Å²) in [6.45, 7) is 4.20. The molecular formula is C16H16BrClN2O. The van der Waals surface area contributed by atoms with Crippen molar-refractivity contribution in [1.82, 2.24) is 0 Å². The molecule has 0 bridgehead atoms. The average molecular weight is 368 g/mol. The van der Waals surface area contributed by atoms with Crippen molar-refractivity contribution in [3.05, 3.63) is 57.0 Å². The van der Waals surface area contributed by atoms with Crippen LogP contribution in [0.5, 0.6) is 11.5 Å². The summed E-state index contributed by atoms with van der Waals surface area (Å²) >= 11 is 9.42. The molecule has 0 saturated carbocycles. The fourth-order valence-electron chi connectivity index (χ4n) is 1.98. The van der Waals surface area contributed by atoms with Crippen molar-refractivity contribution in [2.75, 3.05) is 0 Å². The second-order valence-electron chi connectivity index (χ2n) is 4.99. The molecule has 5 heteroatoms. The van der Waals surface area contributed by atoms with Gasteiger partial charge in [0.15, 0.2) is 0 Å². The molecule has 0 atom stereocenters. The number of rotatable bonds is 4. The molecular weight excluding hydrogens is 352 g/mol. The molecule has 0 radical (unpaired) electrons. The Bertz CT molecular complexity index is 686. The van der Waals surface area contributed by atoms with E-state index in [-0.39, 0.29) is 5.84 Å². The highest BCUT2D eigenvalue weighted by molar-refractivity contribution is 9.10. The molecule has 0 amide bonds. The molecule has 0 fully saturated rings. The number of halogens is 2. The Hall–Kier alpha value is -1.52. The Morgan fingerprint density at radius 2 is 1.86 bits per heavy atom. The van der Waals surface area contributed by atoms with Crippen molar-refractivity contribution in [3.63, 3.8) is 0 Å². The van der Waals surface area contributed by atoms with Gasteiger partial charge in [-0.15, -0.1) is 0 Å². The summed E-state index contributed by atoms with van der Waals surface area (Å²) in [5.41, 5.74) is 7.16. The molecule has 0 aliphatic heterocycles. The molecule has 3 nitrogen and oxygen atoms in total. The molecule has 0 aliphatic carbocycles. The van der Waals surface area contributed by atoms with E-state index in [1.807, 2.05) is 18.2 Å². The quantitative estimate of drug-likeness (QED) is 0.569. The molecule has 0 unspecified atom stereocenters. The first-order chi connectivity index (χ1) is 9.88. The lowest BCUT2D eigenvalue weighted by Crippen LogP contribution is -2.12. The van der Waals surface area contributed by atoms with Gasteiger partial charge in [0.1, 0.15) is 17.3 Å². The minimum absolute atomic E-state index is 0.0734. The summed E-state index contributed by atoms with van der Waals surface area (Å²) in [4.78, 5) is 0. The van der Waals surface area contributed by atoms with Gasteiger partial charge in [0.2, 0.25) is 0 Å². The summed E-state index contributed by atoms with van der Waals surface area (Å²) in [6.07, 6.45) is 0. The summed E-state index contributed by atoms with van der Waals surface area (Å²) in [5.74, 6) is 1.51. The van der Waals surface area contributed by atoms with Crippen molar-refractivity contribution in [1.29, 1.82) is 5.41 Å². The topological polar surface area (TPSA) is 59.1 Å². The van der Waals surface area contributed by atoms with Crippen molar-refractivity contribution >= 4 is 33.4 Å². The van der Waals surface area contributed by atoms with Crippen molar-refractivity contribution in [3.8, 4) is 11.5 Å². The average Bonchev–Trinajstić information content (AvgIpc) is 2.42. The molecule has 0 aromatic heterocycles. The lowest BCUT2D eigenvalue weighted by atomic mass is 10.0. The summed E-state index contributed by atoms with van der Waals surface area (Å²) in [7, 11) is 0. The predicted molar refractivity (Wildman–Crippen MR) is 90.8 cm³/mol.